The van der Waals surface area contributed by atoms with Crippen LogP contribution in [0.3, 0.4) is 0 Å². The molecule has 9 nitrogen and oxygen atoms in total. The van der Waals surface area contributed by atoms with E-state index in [1.54, 1.807) is 48.1 Å². The van der Waals surface area contributed by atoms with Crippen LogP contribution < -0.4 is 10.2 Å². The van der Waals surface area contributed by atoms with E-state index >= 15 is 0 Å². The molecule has 4 aliphatic heterocycles. The summed E-state index contributed by atoms with van der Waals surface area (Å²) in [5, 5.41) is 2.78. The molecule has 6 rings (SSSR count). The molecule has 5 aliphatic rings. The molecule has 4 bridgehead atoms. The molecule has 9 heteroatoms. The van der Waals surface area contributed by atoms with Crippen LogP contribution in [0.5, 0.6) is 0 Å². The summed E-state index contributed by atoms with van der Waals surface area (Å²) in [6.07, 6.45) is 21.1. The van der Waals surface area contributed by atoms with Crippen molar-refractivity contribution in [3.8, 4) is 0 Å². The highest BCUT2D eigenvalue weighted by Gasteiger charge is 2.31. The fourth-order valence-corrected chi connectivity index (χ4v) is 3.64. The summed E-state index contributed by atoms with van der Waals surface area (Å²) >= 11 is 0. The zero-order chi connectivity index (χ0) is 21.9. The minimum atomic E-state index is -0.276. The second-order valence-corrected chi connectivity index (χ2v) is 7.32. The van der Waals surface area contributed by atoms with Gasteiger partial charge in [-0.2, -0.15) is 0 Å². The molecule has 0 fully saturated rings. The van der Waals surface area contributed by atoms with Gasteiger partial charge in [0, 0.05) is 62.3 Å². The van der Waals surface area contributed by atoms with Crippen LogP contribution in [0, 0.1) is 0 Å². The maximum absolute atomic E-state index is 12.7. The highest BCUT2D eigenvalue weighted by atomic mass is 16.2. The highest BCUT2D eigenvalue weighted by molar-refractivity contribution is 6.32. The number of aromatic nitrogens is 2. The first-order valence-corrected chi connectivity index (χ1v) is 10.1. The fourth-order valence-electron chi connectivity index (χ4n) is 3.64. The minimum absolute atomic E-state index is 0.129. The maximum atomic E-state index is 12.7. The van der Waals surface area contributed by atoms with Gasteiger partial charge in [-0.1, -0.05) is 18.2 Å². The Kier molecular flexibility index (Phi) is 5.12. The van der Waals surface area contributed by atoms with Gasteiger partial charge in [-0.15, -0.1) is 0 Å². The van der Waals surface area contributed by atoms with E-state index in [9.17, 15) is 9.59 Å². The van der Waals surface area contributed by atoms with Gasteiger partial charge < -0.3 is 15.1 Å². The van der Waals surface area contributed by atoms with Crippen LogP contribution in [-0.2, 0) is 9.59 Å². The Morgan fingerprint density at radius 2 is 1.84 bits per heavy atom. The summed E-state index contributed by atoms with van der Waals surface area (Å²) in [6.45, 7) is 0.995. The van der Waals surface area contributed by atoms with Crippen molar-refractivity contribution in [3.63, 3.8) is 0 Å². The van der Waals surface area contributed by atoms with E-state index in [4.69, 9.17) is 0 Å². The maximum Gasteiger partial charge on any atom is 0.259 e. The number of anilines is 2. The lowest BCUT2D eigenvalue weighted by molar-refractivity contribution is -0.123. The van der Waals surface area contributed by atoms with E-state index in [0.29, 0.717) is 42.3 Å². The van der Waals surface area contributed by atoms with Gasteiger partial charge in [0.05, 0.1) is 11.1 Å². The largest absolute Gasteiger partial charge is 0.329 e. The SMILES string of the molecule is O=C1Nc2ncnc3c2C1=CN=C1C=CC=C(C=NC=CC=CC(=O)N2C=CN3CC2)C1. The standard InChI is InChI=1S/C23H19N7O2/c31-19-6-1-2-7-24-13-16-4-3-5-17(12-16)25-14-18-20-21(28-23(18)32)26-15-27-22(20)30-10-8-29(19)9-11-30/h1-8,10,13-15H,9,11-12H2,(H,26,27,28,32). The van der Waals surface area contributed by atoms with Gasteiger partial charge in [-0.3, -0.25) is 19.6 Å². The van der Waals surface area contributed by atoms with Gasteiger partial charge in [0.2, 0.25) is 0 Å². The highest BCUT2D eigenvalue weighted by Crippen LogP contribution is 2.37. The van der Waals surface area contributed by atoms with E-state index in [2.05, 4.69) is 25.3 Å². The summed E-state index contributed by atoms with van der Waals surface area (Å²) < 4.78 is 0. The third kappa shape index (κ3) is 3.83. The molecule has 158 valence electrons. The number of nitrogens with one attached hydrogen (secondary N) is 1. The average Bonchev–Trinajstić information content (AvgIpc) is 3.14. The number of fused-ring (bicyclic) bond motifs is 5. The van der Waals surface area contributed by atoms with Crippen LogP contribution in [0.4, 0.5) is 11.6 Å². The number of nitrogens with zero attached hydrogens (tertiary/aromatic N) is 6. The summed E-state index contributed by atoms with van der Waals surface area (Å²) in [6, 6.07) is 0. The monoisotopic (exact) mass is 425 g/mol. The van der Waals surface area contributed by atoms with Gasteiger partial charge in [0.25, 0.3) is 11.8 Å². The van der Waals surface area contributed by atoms with Crippen LogP contribution in [0.15, 0.2) is 83.1 Å². The van der Waals surface area contributed by atoms with Crippen LogP contribution >= 0.6 is 0 Å². The first-order valence-electron chi connectivity index (χ1n) is 10.1. The zero-order valence-corrected chi connectivity index (χ0v) is 17.0. The second kappa shape index (κ2) is 8.38. The van der Waals surface area contributed by atoms with Crippen molar-refractivity contribution in [3.05, 3.63) is 78.7 Å². The molecular weight excluding hydrogens is 406 g/mol. The number of amides is 2. The summed E-state index contributed by atoms with van der Waals surface area (Å²) in [5.41, 5.74) is 2.79. The number of hydrogen-bond acceptors (Lipinski definition) is 7. The van der Waals surface area contributed by atoms with E-state index < -0.39 is 0 Å². The van der Waals surface area contributed by atoms with Gasteiger partial charge in [-0.25, -0.2) is 9.97 Å². The lowest BCUT2D eigenvalue weighted by Gasteiger charge is -2.29. The zero-order valence-electron chi connectivity index (χ0n) is 17.0. The molecule has 0 spiro atoms. The van der Waals surface area contributed by atoms with Crippen molar-refractivity contribution in [2.24, 2.45) is 9.98 Å². The predicted octanol–water partition coefficient (Wildman–Crippen LogP) is 2.37. The lowest BCUT2D eigenvalue weighted by Crippen LogP contribution is -2.38. The number of rotatable bonds is 0. The Hall–Kier alpha value is -4.40. The molecule has 0 saturated heterocycles. The van der Waals surface area contributed by atoms with Gasteiger partial charge in [0.1, 0.15) is 18.0 Å². The molecule has 0 aromatic carbocycles. The third-order valence-electron chi connectivity index (χ3n) is 5.24. The Morgan fingerprint density at radius 1 is 0.969 bits per heavy atom. The van der Waals surface area contributed by atoms with E-state index in [1.165, 1.54) is 12.4 Å². The van der Waals surface area contributed by atoms with Crippen LogP contribution in [-0.4, -0.2) is 51.7 Å². The second-order valence-electron chi connectivity index (χ2n) is 7.32. The molecular formula is C23H19N7O2. The quantitative estimate of drug-likeness (QED) is 0.687. The fraction of sp³-hybridized carbons (Fsp3) is 0.130. The first kappa shape index (κ1) is 19.6. The molecule has 0 radical (unpaired) electrons. The molecule has 0 saturated carbocycles. The molecule has 1 aliphatic carbocycles. The van der Waals surface area contributed by atoms with E-state index in [0.717, 1.165) is 11.3 Å². The van der Waals surface area contributed by atoms with E-state index in [1.807, 2.05) is 23.1 Å². The van der Waals surface area contributed by atoms with Crippen molar-refractivity contribution in [1.82, 2.24) is 14.9 Å². The molecule has 1 N–H and O–H groups in total. The number of hydrogen-bond donors (Lipinski definition) is 1. The normalized spacial score (nSPS) is 19.7. The van der Waals surface area contributed by atoms with Crippen molar-refractivity contribution >= 4 is 40.9 Å². The Morgan fingerprint density at radius 3 is 2.72 bits per heavy atom. The van der Waals surface area contributed by atoms with Crippen molar-refractivity contribution in [2.75, 3.05) is 23.3 Å². The van der Waals surface area contributed by atoms with Gasteiger partial charge in [-0.05, 0) is 17.7 Å². The molecule has 0 atom stereocenters. The molecule has 5 heterocycles. The van der Waals surface area contributed by atoms with E-state index in [-0.39, 0.29) is 11.8 Å². The summed E-state index contributed by atoms with van der Waals surface area (Å²) in [5.74, 6) is 0.634. The number of allylic oxidation sites excluding steroid dienone is 6. The van der Waals surface area contributed by atoms with Crippen LogP contribution in [0.2, 0.25) is 0 Å². The summed E-state index contributed by atoms with van der Waals surface area (Å²) in [7, 11) is 0. The molecule has 2 amide bonds. The van der Waals surface area contributed by atoms with Crippen molar-refractivity contribution < 1.29 is 9.59 Å². The smallest absolute Gasteiger partial charge is 0.259 e. The molecule has 0 unspecified atom stereocenters. The number of aliphatic imine (C=N–C) groups is 2. The Bertz CT molecular complexity index is 1230. The minimum Gasteiger partial charge on any atom is -0.329 e. The first-order chi connectivity index (χ1) is 15.7. The number of carbonyl (C=O) groups excluding carboxylic acids is 2. The average molecular weight is 425 g/mol. The number of carbonyl (C=O) groups is 2. The summed E-state index contributed by atoms with van der Waals surface area (Å²) in [4.78, 5) is 46.1. The third-order valence-corrected chi connectivity index (χ3v) is 5.24. The molecule has 1 aromatic rings. The molecule has 1 aromatic heterocycles. The van der Waals surface area contributed by atoms with Gasteiger partial charge >= 0.3 is 0 Å². The van der Waals surface area contributed by atoms with Gasteiger partial charge in [0.15, 0.2) is 0 Å². The Balaban J connectivity index is 1.59. The van der Waals surface area contributed by atoms with Crippen molar-refractivity contribution in [2.45, 2.75) is 6.42 Å². The Labute approximate surface area is 184 Å². The predicted molar refractivity (Wildman–Crippen MR) is 123 cm³/mol. The molecule has 32 heavy (non-hydrogen) atoms. The topological polar surface area (TPSA) is 103 Å². The van der Waals surface area contributed by atoms with Crippen LogP contribution in [0.25, 0.3) is 5.57 Å². The lowest BCUT2D eigenvalue weighted by atomic mass is 10.0. The van der Waals surface area contributed by atoms with Crippen LogP contribution in [0.1, 0.15) is 12.0 Å². The van der Waals surface area contributed by atoms with Crippen molar-refractivity contribution in [1.29, 1.82) is 0 Å².